The zero-order chi connectivity index (χ0) is 13.4. The number of anilines is 1. The van der Waals surface area contributed by atoms with Gasteiger partial charge in [0.25, 0.3) is 0 Å². The van der Waals surface area contributed by atoms with Crippen LogP contribution in [0.1, 0.15) is 36.0 Å². The number of hydrogen-bond acceptors (Lipinski definition) is 3. The van der Waals surface area contributed by atoms with Crippen molar-refractivity contribution in [1.82, 2.24) is 4.98 Å². The van der Waals surface area contributed by atoms with Crippen LogP contribution in [0.5, 0.6) is 0 Å². The standard InChI is InChI=1S/C14H17ClN2O2/c15-12-5-10(14(18)19)6-13(17-12)16-7-11(8-1-2-8)9-3-4-9/h5-6,8-9,11H,1-4,7H2,(H,16,17)(H,18,19). The minimum Gasteiger partial charge on any atom is -0.478 e. The van der Waals surface area contributed by atoms with E-state index in [1.807, 2.05) is 0 Å². The van der Waals surface area contributed by atoms with E-state index in [4.69, 9.17) is 16.7 Å². The number of aromatic carboxylic acids is 1. The van der Waals surface area contributed by atoms with Gasteiger partial charge in [0.05, 0.1) is 5.56 Å². The van der Waals surface area contributed by atoms with Gasteiger partial charge < -0.3 is 10.4 Å². The van der Waals surface area contributed by atoms with Crippen molar-refractivity contribution in [2.45, 2.75) is 25.7 Å². The normalized spacial score (nSPS) is 18.6. The van der Waals surface area contributed by atoms with Gasteiger partial charge in [0, 0.05) is 6.54 Å². The number of carboxylic acid groups (broad SMARTS) is 1. The van der Waals surface area contributed by atoms with E-state index in [2.05, 4.69) is 10.3 Å². The number of aromatic nitrogens is 1. The molecule has 1 aromatic rings. The van der Waals surface area contributed by atoms with Gasteiger partial charge in [0.1, 0.15) is 11.0 Å². The molecule has 2 saturated carbocycles. The van der Waals surface area contributed by atoms with E-state index >= 15 is 0 Å². The summed E-state index contributed by atoms with van der Waals surface area (Å²) in [6.45, 7) is 0.877. The highest BCUT2D eigenvalue weighted by Crippen LogP contribution is 2.49. The molecule has 102 valence electrons. The monoisotopic (exact) mass is 280 g/mol. The minimum atomic E-state index is -0.978. The molecule has 0 aromatic carbocycles. The van der Waals surface area contributed by atoms with Crippen LogP contribution in [0.25, 0.3) is 0 Å². The van der Waals surface area contributed by atoms with Crippen molar-refractivity contribution >= 4 is 23.4 Å². The Morgan fingerprint density at radius 3 is 2.53 bits per heavy atom. The van der Waals surface area contributed by atoms with Gasteiger partial charge in [-0.2, -0.15) is 0 Å². The molecular formula is C14H17ClN2O2. The summed E-state index contributed by atoms with van der Waals surface area (Å²) in [6.07, 6.45) is 5.36. The average molecular weight is 281 g/mol. The van der Waals surface area contributed by atoms with E-state index in [1.165, 1.54) is 31.7 Å². The molecule has 19 heavy (non-hydrogen) atoms. The number of nitrogens with one attached hydrogen (secondary N) is 1. The Kier molecular flexibility index (Phi) is 3.35. The molecule has 0 bridgehead atoms. The Morgan fingerprint density at radius 1 is 1.37 bits per heavy atom. The van der Waals surface area contributed by atoms with Crippen molar-refractivity contribution in [2.24, 2.45) is 17.8 Å². The van der Waals surface area contributed by atoms with E-state index in [-0.39, 0.29) is 10.7 Å². The second-order valence-electron chi connectivity index (χ2n) is 5.59. The molecule has 2 aliphatic rings. The van der Waals surface area contributed by atoms with Crippen molar-refractivity contribution < 1.29 is 9.90 Å². The molecule has 0 unspecified atom stereocenters. The number of pyridine rings is 1. The Bertz CT molecular complexity index is 486. The fourth-order valence-electron chi connectivity index (χ4n) is 2.70. The second-order valence-corrected chi connectivity index (χ2v) is 5.98. The predicted octanol–water partition coefficient (Wildman–Crippen LogP) is 3.28. The molecule has 1 aromatic heterocycles. The Labute approximate surface area is 117 Å². The summed E-state index contributed by atoms with van der Waals surface area (Å²) >= 11 is 5.84. The highest BCUT2D eigenvalue weighted by atomic mass is 35.5. The topological polar surface area (TPSA) is 62.2 Å². The van der Waals surface area contributed by atoms with Gasteiger partial charge in [-0.1, -0.05) is 11.6 Å². The van der Waals surface area contributed by atoms with Crippen LogP contribution in [0.2, 0.25) is 5.15 Å². The molecule has 0 amide bonds. The lowest BCUT2D eigenvalue weighted by atomic mass is 9.98. The second kappa shape index (κ2) is 5.00. The van der Waals surface area contributed by atoms with Crippen LogP contribution in [0, 0.1) is 17.8 Å². The molecule has 1 heterocycles. The van der Waals surface area contributed by atoms with Gasteiger partial charge in [-0.05, 0) is 55.6 Å². The van der Waals surface area contributed by atoms with E-state index in [0.29, 0.717) is 11.7 Å². The molecule has 5 heteroatoms. The Morgan fingerprint density at radius 2 is 2.00 bits per heavy atom. The maximum atomic E-state index is 11.0. The highest BCUT2D eigenvalue weighted by Gasteiger charge is 2.41. The third-order valence-electron chi connectivity index (χ3n) is 4.01. The van der Waals surface area contributed by atoms with Gasteiger partial charge in [-0.25, -0.2) is 9.78 Å². The largest absolute Gasteiger partial charge is 0.478 e. The van der Waals surface area contributed by atoms with Gasteiger partial charge in [0.15, 0.2) is 0 Å². The van der Waals surface area contributed by atoms with Crippen LogP contribution in [0.3, 0.4) is 0 Å². The van der Waals surface area contributed by atoms with Gasteiger partial charge >= 0.3 is 5.97 Å². The van der Waals surface area contributed by atoms with E-state index in [0.717, 1.165) is 18.4 Å². The van der Waals surface area contributed by atoms with Crippen LogP contribution in [-0.4, -0.2) is 22.6 Å². The highest BCUT2D eigenvalue weighted by molar-refractivity contribution is 6.29. The molecule has 0 spiro atoms. The van der Waals surface area contributed by atoms with E-state index < -0.39 is 5.97 Å². The van der Waals surface area contributed by atoms with Gasteiger partial charge in [-0.15, -0.1) is 0 Å². The van der Waals surface area contributed by atoms with Crippen molar-refractivity contribution in [2.75, 3.05) is 11.9 Å². The number of carbonyl (C=O) groups is 1. The SMILES string of the molecule is O=C(O)c1cc(Cl)nc(NCC(C2CC2)C2CC2)c1. The maximum absolute atomic E-state index is 11.0. The average Bonchev–Trinajstić information content (AvgIpc) is 3.23. The number of carboxylic acids is 1. The number of rotatable bonds is 6. The van der Waals surface area contributed by atoms with E-state index in [9.17, 15) is 4.79 Å². The van der Waals surface area contributed by atoms with Crippen LogP contribution in [-0.2, 0) is 0 Å². The molecule has 0 atom stereocenters. The first-order chi connectivity index (χ1) is 9.13. The zero-order valence-corrected chi connectivity index (χ0v) is 11.4. The predicted molar refractivity (Wildman–Crippen MR) is 73.6 cm³/mol. The molecule has 3 rings (SSSR count). The van der Waals surface area contributed by atoms with Crippen molar-refractivity contribution in [3.05, 3.63) is 22.8 Å². The summed E-state index contributed by atoms with van der Waals surface area (Å²) in [6, 6.07) is 2.92. The van der Waals surface area contributed by atoms with Gasteiger partial charge in [-0.3, -0.25) is 0 Å². The van der Waals surface area contributed by atoms with Crippen molar-refractivity contribution in [1.29, 1.82) is 0 Å². The Balaban J connectivity index is 1.66. The number of halogens is 1. The molecule has 0 aliphatic heterocycles. The molecule has 2 aliphatic carbocycles. The summed E-state index contributed by atoms with van der Waals surface area (Å²) < 4.78 is 0. The molecule has 4 nitrogen and oxygen atoms in total. The Hall–Kier alpha value is -1.29. The van der Waals surface area contributed by atoms with Crippen LogP contribution < -0.4 is 5.32 Å². The first-order valence-corrected chi connectivity index (χ1v) is 7.16. The maximum Gasteiger partial charge on any atom is 0.335 e. The summed E-state index contributed by atoms with van der Waals surface area (Å²) in [7, 11) is 0. The summed E-state index contributed by atoms with van der Waals surface area (Å²) in [4.78, 5) is 15.1. The lowest BCUT2D eigenvalue weighted by Crippen LogP contribution is -2.19. The third-order valence-corrected chi connectivity index (χ3v) is 4.21. The van der Waals surface area contributed by atoms with Crippen molar-refractivity contribution in [3.8, 4) is 0 Å². The lowest BCUT2D eigenvalue weighted by molar-refractivity contribution is 0.0697. The van der Waals surface area contributed by atoms with Crippen LogP contribution >= 0.6 is 11.6 Å². The number of nitrogens with zero attached hydrogens (tertiary/aromatic N) is 1. The van der Waals surface area contributed by atoms with E-state index in [1.54, 1.807) is 6.07 Å². The minimum absolute atomic E-state index is 0.178. The van der Waals surface area contributed by atoms with Gasteiger partial charge in [0.2, 0.25) is 0 Å². The quantitative estimate of drug-likeness (QED) is 0.785. The summed E-state index contributed by atoms with van der Waals surface area (Å²) in [5, 5.41) is 12.5. The fraction of sp³-hybridized carbons (Fsp3) is 0.571. The summed E-state index contributed by atoms with van der Waals surface area (Å²) in [5.74, 6) is 2.02. The lowest BCUT2D eigenvalue weighted by Gasteiger charge is -2.16. The third kappa shape index (κ3) is 3.18. The molecule has 0 radical (unpaired) electrons. The summed E-state index contributed by atoms with van der Waals surface area (Å²) in [5.41, 5.74) is 0.178. The van der Waals surface area contributed by atoms with Crippen molar-refractivity contribution in [3.63, 3.8) is 0 Å². The first-order valence-electron chi connectivity index (χ1n) is 6.78. The fourth-order valence-corrected chi connectivity index (χ4v) is 2.91. The zero-order valence-electron chi connectivity index (χ0n) is 10.6. The molecule has 2 fully saturated rings. The molecular weight excluding hydrogens is 264 g/mol. The molecule has 0 saturated heterocycles. The van der Waals surface area contributed by atoms with Crippen LogP contribution in [0.15, 0.2) is 12.1 Å². The molecule has 2 N–H and O–H groups in total. The van der Waals surface area contributed by atoms with Crippen LogP contribution in [0.4, 0.5) is 5.82 Å². The first kappa shape index (κ1) is 12.7. The number of hydrogen-bond donors (Lipinski definition) is 2. The smallest absolute Gasteiger partial charge is 0.335 e.